The van der Waals surface area contributed by atoms with Crippen molar-refractivity contribution in [2.45, 2.75) is 6.92 Å². The van der Waals surface area contributed by atoms with Crippen LogP contribution in [0.2, 0.25) is 0 Å². The van der Waals surface area contributed by atoms with Crippen LogP contribution >= 0.6 is 0 Å². The molecule has 1 amide bonds. The third-order valence-electron chi connectivity index (χ3n) is 3.18. The van der Waals surface area contributed by atoms with E-state index in [1.54, 1.807) is 30.2 Å². The first-order valence-corrected chi connectivity index (χ1v) is 8.09. The lowest BCUT2D eigenvalue weighted by atomic mass is 10.1. The molecule has 0 unspecified atom stereocenters. The van der Waals surface area contributed by atoms with E-state index in [0.717, 1.165) is 0 Å². The lowest BCUT2D eigenvalue weighted by molar-refractivity contribution is 0.0771. The number of benzene rings is 1. The van der Waals surface area contributed by atoms with Gasteiger partial charge >= 0.3 is 0 Å². The largest absolute Gasteiger partial charge is 0.493 e. The minimum atomic E-state index is -0.785. The molecule has 0 bridgehead atoms. The van der Waals surface area contributed by atoms with Crippen LogP contribution in [0.1, 0.15) is 17.3 Å². The number of carbonyl (C=O) groups excluding carboxylic acids is 1. The maximum Gasteiger partial charge on any atom is 0.254 e. The smallest absolute Gasteiger partial charge is 0.254 e. The molecule has 0 atom stereocenters. The molecule has 1 aromatic rings. The molecule has 5 nitrogen and oxygen atoms in total. The minimum Gasteiger partial charge on any atom is -0.493 e. The Morgan fingerprint density at radius 1 is 1.30 bits per heavy atom. The first kappa shape index (κ1) is 14.8. The average molecular weight is 297 g/mol. The second kappa shape index (κ2) is 6.74. The molecule has 0 spiro atoms. The highest BCUT2D eigenvalue weighted by atomic mass is 32.2. The van der Waals surface area contributed by atoms with E-state index in [4.69, 9.17) is 9.47 Å². The van der Waals surface area contributed by atoms with E-state index in [1.807, 2.05) is 6.92 Å². The molecular weight excluding hydrogens is 278 g/mol. The van der Waals surface area contributed by atoms with Crippen LogP contribution in [0.5, 0.6) is 11.5 Å². The van der Waals surface area contributed by atoms with Crippen LogP contribution in [0.25, 0.3) is 0 Å². The molecule has 1 aromatic carbocycles. The zero-order valence-electron chi connectivity index (χ0n) is 11.8. The molecule has 1 saturated heterocycles. The van der Waals surface area contributed by atoms with Gasteiger partial charge in [-0.2, -0.15) is 0 Å². The fraction of sp³-hybridized carbons (Fsp3) is 0.500. The van der Waals surface area contributed by atoms with E-state index in [9.17, 15) is 9.00 Å². The van der Waals surface area contributed by atoms with Crippen molar-refractivity contribution in [3.63, 3.8) is 0 Å². The molecular formula is C14H19NO4S. The second-order valence-corrected chi connectivity index (χ2v) is 6.14. The highest BCUT2D eigenvalue weighted by molar-refractivity contribution is 7.85. The van der Waals surface area contributed by atoms with Gasteiger partial charge in [0.15, 0.2) is 11.5 Å². The predicted octanol–water partition coefficient (Wildman–Crippen LogP) is 1.30. The summed E-state index contributed by atoms with van der Waals surface area (Å²) in [6, 6.07) is 5.18. The molecule has 0 aromatic heterocycles. The maximum absolute atomic E-state index is 12.4. The van der Waals surface area contributed by atoms with Crippen molar-refractivity contribution in [1.82, 2.24) is 4.90 Å². The normalized spacial score (nSPS) is 16.0. The summed E-state index contributed by atoms with van der Waals surface area (Å²) in [5.41, 5.74) is 0.568. The van der Waals surface area contributed by atoms with Crippen molar-refractivity contribution in [3.05, 3.63) is 23.8 Å². The standard InChI is InChI=1S/C14H19NO4S/c1-3-19-12-5-4-11(10-13(12)18-2)14(16)15-6-8-20(17)9-7-15/h4-5,10H,3,6-9H2,1-2H3. The lowest BCUT2D eigenvalue weighted by Gasteiger charge is -2.26. The van der Waals surface area contributed by atoms with Crippen molar-refractivity contribution in [3.8, 4) is 11.5 Å². The summed E-state index contributed by atoms with van der Waals surface area (Å²) in [7, 11) is 0.767. The molecule has 2 rings (SSSR count). The molecule has 0 aliphatic carbocycles. The van der Waals surface area contributed by atoms with Crippen LogP contribution in [-0.4, -0.2) is 53.3 Å². The Bertz CT molecular complexity index is 508. The summed E-state index contributed by atoms with van der Waals surface area (Å²) in [4.78, 5) is 14.1. The van der Waals surface area contributed by atoms with Crippen LogP contribution in [0.15, 0.2) is 18.2 Å². The number of carbonyl (C=O) groups is 1. The van der Waals surface area contributed by atoms with E-state index >= 15 is 0 Å². The molecule has 0 radical (unpaired) electrons. The molecule has 1 heterocycles. The summed E-state index contributed by atoms with van der Waals surface area (Å²) in [6.45, 7) is 3.52. The highest BCUT2D eigenvalue weighted by Crippen LogP contribution is 2.28. The predicted molar refractivity (Wildman–Crippen MR) is 77.9 cm³/mol. The molecule has 110 valence electrons. The fourth-order valence-corrected chi connectivity index (χ4v) is 3.15. The van der Waals surface area contributed by atoms with Gasteiger partial charge in [0.2, 0.25) is 0 Å². The van der Waals surface area contributed by atoms with Crippen molar-refractivity contribution in [2.75, 3.05) is 38.3 Å². The van der Waals surface area contributed by atoms with Crippen LogP contribution in [-0.2, 0) is 10.8 Å². The number of methoxy groups -OCH3 is 1. The van der Waals surface area contributed by atoms with Gasteiger partial charge in [0.1, 0.15) is 0 Å². The Labute approximate surface area is 121 Å². The Kier molecular flexibility index (Phi) is 5.00. The highest BCUT2D eigenvalue weighted by Gasteiger charge is 2.22. The summed E-state index contributed by atoms with van der Waals surface area (Å²) in [5, 5.41) is 0. The summed E-state index contributed by atoms with van der Waals surface area (Å²) in [5.74, 6) is 2.24. The molecule has 20 heavy (non-hydrogen) atoms. The second-order valence-electron chi connectivity index (χ2n) is 4.44. The first-order valence-electron chi connectivity index (χ1n) is 6.60. The number of ether oxygens (including phenoxy) is 2. The van der Waals surface area contributed by atoms with Gasteiger partial charge in [0.25, 0.3) is 5.91 Å². The van der Waals surface area contributed by atoms with Gasteiger partial charge in [-0.25, -0.2) is 0 Å². The number of nitrogens with zero attached hydrogens (tertiary/aromatic N) is 1. The topological polar surface area (TPSA) is 55.8 Å². The molecule has 6 heteroatoms. The van der Waals surface area contributed by atoms with Gasteiger partial charge in [0, 0.05) is 41.0 Å². The van der Waals surface area contributed by atoms with Gasteiger partial charge in [-0.3, -0.25) is 9.00 Å². The van der Waals surface area contributed by atoms with Crippen LogP contribution in [0, 0.1) is 0 Å². The van der Waals surface area contributed by atoms with Gasteiger partial charge in [-0.05, 0) is 25.1 Å². The number of hydrogen-bond acceptors (Lipinski definition) is 4. The maximum atomic E-state index is 12.4. The summed E-state index contributed by atoms with van der Waals surface area (Å²) >= 11 is 0. The lowest BCUT2D eigenvalue weighted by Crippen LogP contribution is -2.41. The molecule has 1 aliphatic heterocycles. The van der Waals surface area contributed by atoms with Crippen LogP contribution in [0.3, 0.4) is 0 Å². The molecule has 0 N–H and O–H groups in total. The first-order chi connectivity index (χ1) is 9.65. The number of hydrogen-bond donors (Lipinski definition) is 0. The minimum absolute atomic E-state index is 0.0527. The zero-order valence-corrected chi connectivity index (χ0v) is 12.6. The van der Waals surface area contributed by atoms with Crippen molar-refractivity contribution in [2.24, 2.45) is 0 Å². The Hall–Kier alpha value is -1.56. The molecule has 1 fully saturated rings. The van der Waals surface area contributed by atoms with Crippen molar-refractivity contribution < 1.29 is 18.5 Å². The molecule has 1 aliphatic rings. The van der Waals surface area contributed by atoms with Gasteiger partial charge in [0.05, 0.1) is 13.7 Å². The quantitative estimate of drug-likeness (QED) is 0.840. The average Bonchev–Trinajstić information content (AvgIpc) is 2.48. The Morgan fingerprint density at radius 3 is 2.60 bits per heavy atom. The monoisotopic (exact) mass is 297 g/mol. The van der Waals surface area contributed by atoms with E-state index < -0.39 is 10.8 Å². The van der Waals surface area contributed by atoms with E-state index in [2.05, 4.69) is 0 Å². The summed E-state index contributed by atoms with van der Waals surface area (Å²) in [6.07, 6.45) is 0. The third-order valence-corrected chi connectivity index (χ3v) is 4.45. The van der Waals surface area contributed by atoms with E-state index in [-0.39, 0.29) is 5.91 Å². The van der Waals surface area contributed by atoms with Crippen LogP contribution < -0.4 is 9.47 Å². The van der Waals surface area contributed by atoms with Gasteiger partial charge in [-0.1, -0.05) is 0 Å². The zero-order chi connectivity index (χ0) is 14.5. The van der Waals surface area contributed by atoms with Crippen LogP contribution in [0.4, 0.5) is 0 Å². The Balaban J connectivity index is 2.15. The number of rotatable bonds is 4. The van der Waals surface area contributed by atoms with Gasteiger partial charge in [-0.15, -0.1) is 0 Å². The molecule has 0 saturated carbocycles. The SMILES string of the molecule is CCOc1ccc(C(=O)N2CCS(=O)CC2)cc1OC. The van der Waals surface area contributed by atoms with Crippen molar-refractivity contribution >= 4 is 16.7 Å². The third kappa shape index (κ3) is 3.30. The summed E-state index contributed by atoms with van der Waals surface area (Å²) < 4.78 is 22.0. The van der Waals surface area contributed by atoms with E-state index in [0.29, 0.717) is 48.3 Å². The Morgan fingerprint density at radius 2 is 2.00 bits per heavy atom. The van der Waals surface area contributed by atoms with Crippen molar-refractivity contribution in [1.29, 1.82) is 0 Å². The van der Waals surface area contributed by atoms with Gasteiger partial charge < -0.3 is 14.4 Å². The fourth-order valence-electron chi connectivity index (χ4n) is 2.10. The van der Waals surface area contributed by atoms with E-state index in [1.165, 1.54) is 0 Å². The number of amides is 1.